The number of amides is 1. The van der Waals surface area contributed by atoms with Crippen molar-refractivity contribution in [1.82, 2.24) is 9.97 Å². The lowest BCUT2D eigenvalue weighted by atomic mass is 10.1. The quantitative estimate of drug-likeness (QED) is 0.680. The SMILES string of the molecule is NCc1cccc(NC(=O)c2ccc3nc[nH]c3c2)c1. The molecule has 0 aliphatic carbocycles. The van der Waals surface area contributed by atoms with Crippen LogP contribution < -0.4 is 11.1 Å². The van der Waals surface area contributed by atoms with Crippen LogP contribution >= 0.6 is 0 Å². The normalized spacial score (nSPS) is 10.7. The third kappa shape index (κ3) is 2.39. The van der Waals surface area contributed by atoms with E-state index >= 15 is 0 Å². The van der Waals surface area contributed by atoms with Crippen LogP contribution in [0, 0.1) is 0 Å². The second kappa shape index (κ2) is 5.14. The van der Waals surface area contributed by atoms with E-state index in [0.29, 0.717) is 12.1 Å². The van der Waals surface area contributed by atoms with Gasteiger partial charge in [-0.25, -0.2) is 4.98 Å². The van der Waals surface area contributed by atoms with Crippen molar-refractivity contribution in [3.8, 4) is 0 Å². The molecular formula is C15H14N4O. The van der Waals surface area contributed by atoms with Gasteiger partial charge in [0.2, 0.25) is 0 Å². The Morgan fingerprint density at radius 2 is 2.15 bits per heavy atom. The summed E-state index contributed by atoms with van der Waals surface area (Å²) in [5, 5.41) is 2.86. The summed E-state index contributed by atoms with van der Waals surface area (Å²) in [5.74, 6) is -0.157. The van der Waals surface area contributed by atoms with E-state index in [2.05, 4.69) is 15.3 Å². The lowest BCUT2D eigenvalue weighted by Gasteiger charge is -2.06. The van der Waals surface area contributed by atoms with Gasteiger partial charge in [-0.2, -0.15) is 0 Å². The predicted octanol–water partition coefficient (Wildman–Crippen LogP) is 2.27. The maximum absolute atomic E-state index is 12.2. The molecule has 5 heteroatoms. The Labute approximate surface area is 115 Å². The molecule has 2 aromatic carbocycles. The van der Waals surface area contributed by atoms with Crippen LogP contribution in [0.2, 0.25) is 0 Å². The molecular weight excluding hydrogens is 252 g/mol. The molecule has 0 unspecified atom stereocenters. The van der Waals surface area contributed by atoms with Crippen LogP contribution in [0.4, 0.5) is 5.69 Å². The molecule has 0 saturated carbocycles. The molecule has 0 saturated heterocycles. The van der Waals surface area contributed by atoms with Crippen molar-refractivity contribution in [2.45, 2.75) is 6.54 Å². The number of carbonyl (C=O) groups excluding carboxylic acids is 1. The maximum atomic E-state index is 12.2. The fourth-order valence-corrected chi connectivity index (χ4v) is 2.06. The number of benzene rings is 2. The fraction of sp³-hybridized carbons (Fsp3) is 0.0667. The van der Waals surface area contributed by atoms with Crippen molar-refractivity contribution in [2.75, 3.05) is 5.32 Å². The lowest BCUT2D eigenvalue weighted by molar-refractivity contribution is 0.102. The number of H-pyrrole nitrogens is 1. The standard InChI is InChI=1S/C15H14N4O/c16-8-10-2-1-3-12(6-10)19-15(20)11-4-5-13-14(7-11)18-9-17-13/h1-7,9H,8,16H2,(H,17,18)(H,19,20). The molecule has 4 N–H and O–H groups in total. The minimum Gasteiger partial charge on any atom is -0.345 e. The minimum atomic E-state index is -0.157. The van der Waals surface area contributed by atoms with Crippen molar-refractivity contribution in [3.05, 3.63) is 59.9 Å². The summed E-state index contributed by atoms with van der Waals surface area (Å²) >= 11 is 0. The number of nitrogens with one attached hydrogen (secondary N) is 2. The van der Waals surface area contributed by atoms with Crippen LogP contribution in [0.5, 0.6) is 0 Å². The number of carbonyl (C=O) groups is 1. The minimum absolute atomic E-state index is 0.157. The van der Waals surface area contributed by atoms with E-state index in [1.807, 2.05) is 30.3 Å². The molecule has 3 aromatic rings. The van der Waals surface area contributed by atoms with Gasteiger partial charge in [0.05, 0.1) is 17.4 Å². The number of rotatable bonds is 3. The van der Waals surface area contributed by atoms with Gasteiger partial charge in [0, 0.05) is 17.8 Å². The number of nitrogens with zero attached hydrogens (tertiary/aromatic N) is 1. The van der Waals surface area contributed by atoms with E-state index in [9.17, 15) is 4.79 Å². The molecule has 5 nitrogen and oxygen atoms in total. The molecule has 0 spiro atoms. The van der Waals surface area contributed by atoms with Crippen molar-refractivity contribution in [3.63, 3.8) is 0 Å². The Hall–Kier alpha value is -2.66. The molecule has 3 rings (SSSR count). The van der Waals surface area contributed by atoms with Gasteiger partial charge in [-0.05, 0) is 35.9 Å². The van der Waals surface area contributed by atoms with Gasteiger partial charge in [-0.3, -0.25) is 4.79 Å². The van der Waals surface area contributed by atoms with Crippen LogP contribution in [-0.4, -0.2) is 15.9 Å². The van der Waals surface area contributed by atoms with Crippen molar-refractivity contribution >= 4 is 22.6 Å². The third-order valence-electron chi connectivity index (χ3n) is 3.10. The highest BCUT2D eigenvalue weighted by atomic mass is 16.1. The van der Waals surface area contributed by atoms with Crippen LogP contribution in [0.25, 0.3) is 11.0 Å². The number of nitrogens with two attached hydrogens (primary N) is 1. The highest BCUT2D eigenvalue weighted by Crippen LogP contribution is 2.15. The molecule has 0 aliphatic rings. The largest absolute Gasteiger partial charge is 0.345 e. The topological polar surface area (TPSA) is 83.8 Å². The Morgan fingerprint density at radius 3 is 3.00 bits per heavy atom. The molecule has 1 amide bonds. The van der Waals surface area contributed by atoms with Gasteiger partial charge >= 0.3 is 0 Å². The van der Waals surface area contributed by atoms with Gasteiger partial charge in [0.25, 0.3) is 5.91 Å². The smallest absolute Gasteiger partial charge is 0.255 e. The van der Waals surface area contributed by atoms with E-state index in [1.54, 1.807) is 18.5 Å². The molecule has 0 bridgehead atoms. The summed E-state index contributed by atoms with van der Waals surface area (Å²) in [4.78, 5) is 19.3. The average molecular weight is 266 g/mol. The lowest BCUT2D eigenvalue weighted by Crippen LogP contribution is -2.12. The first-order valence-corrected chi connectivity index (χ1v) is 6.30. The molecule has 1 heterocycles. The van der Waals surface area contributed by atoms with Gasteiger partial charge in [-0.1, -0.05) is 12.1 Å². The first-order valence-electron chi connectivity index (χ1n) is 6.30. The molecule has 1 aromatic heterocycles. The zero-order chi connectivity index (χ0) is 13.9. The number of imidazole rings is 1. The Morgan fingerprint density at radius 1 is 1.25 bits per heavy atom. The summed E-state index contributed by atoms with van der Waals surface area (Å²) in [6.45, 7) is 0.448. The second-order valence-electron chi connectivity index (χ2n) is 4.49. The predicted molar refractivity (Wildman–Crippen MR) is 78.4 cm³/mol. The number of hydrogen-bond donors (Lipinski definition) is 3. The second-order valence-corrected chi connectivity index (χ2v) is 4.49. The van der Waals surface area contributed by atoms with Crippen LogP contribution in [0.1, 0.15) is 15.9 Å². The third-order valence-corrected chi connectivity index (χ3v) is 3.10. The van der Waals surface area contributed by atoms with Crippen molar-refractivity contribution < 1.29 is 4.79 Å². The number of hydrogen-bond acceptors (Lipinski definition) is 3. The first-order chi connectivity index (χ1) is 9.76. The highest BCUT2D eigenvalue weighted by Gasteiger charge is 2.08. The summed E-state index contributed by atoms with van der Waals surface area (Å²) in [5.41, 5.74) is 9.57. The molecule has 0 fully saturated rings. The van der Waals surface area contributed by atoms with E-state index in [4.69, 9.17) is 5.73 Å². The van der Waals surface area contributed by atoms with Crippen LogP contribution in [0.3, 0.4) is 0 Å². The Balaban J connectivity index is 1.84. The van der Waals surface area contributed by atoms with Gasteiger partial charge in [0.15, 0.2) is 0 Å². The van der Waals surface area contributed by atoms with Crippen LogP contribution in [-0.2, 0) is 6.54 Å². The maximum Gasteiger partial charge on any atom is 0.255 e. The Kier molecular flexibility index (Phi) is 3.18. The summed E-state index contributed by atoms with van der Waals surface area (Å²) in [7, 11) is 0. The van der Waals surface area contributed by atoms with E-state index in [0.717, 1.165) is 22.3 Å². The Bertz CT molecular complexity index is 763. The molecule has 20 heavy (non-hydrogen) atoms. The molecule has 0 aliphatic heterocycles. The van der Waals surface area contributed by atoms with Crippen molar-refractivity contribution in [2.24, 2.45) is 5.73 Å². The fourth-order valence-electron chi connectivity index (χ4n) is 2.06. The monoisotopic (exact) mass is 266 g/mol. The molecule has 100 valence electrons. The average Bonchev–Trinajstić information content (AvgIpc) is 2.94. The van der Waals surface area contributed by atoms with E-state index < -0.39 is 0 Å². The first kappa shape index (κ1) is 12.4. The van der Waals surface area contributed by atoms with Crippen molar-refractivity contribution in [1.29, 1.82) is 0 Å². The van der Waals surface area contributed by atoms with Gasteiger partial charge < -0.3 is 16.0 Å². The van der Waals surface area contributed by atoms with Gasteiger partial charge in [0.1, 0.15) is 0 Å². The number of fused-ring (bicyclic) bond motifs is 1. The summed E-state index contributed by atoms with van der Waals surface area (Å²) in [6, 6.07) is 12.9. The number of aromatic amines is 1. The van der Waals surface area contributed by atoms with E-state index in [1.165, 1.54) is 0 Å². The highest BCUT2D eigenvalue weighted by molar-refractivity contribution is 6.05. The summed E-state index contributed by atoms with van der Waals surface area (Å²) < 4.78 is 0. The molecule has 0 atom stereocenters. The zero-order valence-corrected chi connectivity index (χ0v) is 10.8. The number of anilines is 1. The zero-order valence-electron chi connectivity index (χ0n) is 10.8. The van der Waals surface area contributed by atoms with E-state index in [-0.39, 0.29) is 5.91 Å². The molecule has 0 radical (unpaired) electrons. The van der Waals surface area contributed by atoms with Crippen LogP contribution in [0.15, 0.2) is 48.8 Å². The number of aromatic nitrogens is 2. The van der Waals surface area contributed by atoms with Gasteiger partial charge in [-0.15, -0.1) is 0 Å². The summed E-state index contributed by atoms with van der Waals surface area (Å²) in [6.07, 6.45) is 1.61.